The van der Waals surface area contributed by atoms with Gasteiger partial charge in [-0.2, -0.15) is 0 Å². The van der Waals surface area contributed by atoms with Gasteiger partial charge in [-0.05, 0) is 26.2 Å². The molecule has 0 bridgehead atoms. The van der Waals surface area contributed by atoms with Crippen molar-refractivity contribution in [2.75, 3.05) is 6.54 Å². The van der Waals surface area contributed by atoms with Crippen molar-refractivity contribution < 1.29 is 14.4 Å². The van der Waals surface area contributed by atoms with Crippen LogP contribution in [0, 0.1) is 11.8 Å². The molecule has 18 heavy (non-hydrogen) atoms. The first-order valence-corrected chi connectivity index (χ1v) is 6.35. The maximum atomic E-state index is 11.9. The minimum absolute atomic E-state index is 0.0590. The van der Waals surface area contributed by atoms with E-state index in [9.17, 15) is 14.4 Å². The van der Waals surface area contributed by atoms with E-state index in [1.54, 1.807) is 6.92 Å². The van der Waals surface area contributed by atoms with Crippen molar-refractivity contribution in [2.45, 2.75) is 37.8 Å². The molecule has 1 heterocycles. The Balaban J connectivity index is 1.74. The Hall–Kier alpha value is -1.43. The van der Waals surface area contributed by atoms with Crippen LogP contribution in [0.15, 0.2) is 0 Å². The summed E-state index contributed by atoms with van der Waals surface area (Å²) in [6.45, 7) is 1.72. The van der Waals surface area contributed by atoms with Crippen LogP contribution < -0.4 is 11.1 Å². The molecule has 3 unspecified atom stereocenters. The van der Waals surface area contributed by atoms with Crippen molar-refractivity contribution in [1.82, 2.24) is 10.2 Å². The molecular formula is C12H17N3O3. The predicted octanol–water partition coefficient (Wildman–Crippen LogP) is -1.01. The molecule has 0 radical (unpaired) electrons. The smallest absolute Gasteiger partial charge is 0.239 e. The molecule has 6 heteroatoms. The first kappa shape index (κ1) is 11.6. The molecule has 0 aromatic heterocycles. The van der Waals surface area contributed by atoms with Crippen molar-refractivity contribution >= 4 is 17.7 Å². The number of carbonyl (C=O) groups is 3. The van der Waals surface area contributed by atoms with E-state index in [-0.39, 0.29) is 36.2 Å². The third-order valence-electron chi connectivity index (χ3n) is 4.08. The lowest BCUT2D eigenvalue weighted by atomic mass is 10.0. The fourth-order valence-corrected chi connectivity index (χ4v) is 2.59. The Morgan fingerprint density at radius 2 is 1.94 bits per heavy atom. The normalized spacial score (nSPS) is 33.3. The summed E-state index contributed by atoms with van der Waals surface area (Å²) in [7, 11) is 0. The minimum Gasteiger partial charge on any atom is -0.368 e. The van der Waals surface area contributed by atoms with Gasteiger partial charge >= 0.3 is 0 Å². The number of nitrogens with two attached hydrogens (primary N) is 1. The first-order chi connectivity index (χ1) is 8.42. The van der Waals surface area contributed by atoms with Crippen LogP contribution in [0.1, 0.15) is 26.2 Å². The molecule has 3 amide bonds. The van der Waals surface area contributed by atoms with Crippen molar-refractivity contribution in [3.63, 3.8) is 0 Å². The van der Waals surface area contributed by atoms with Gasteiger partial charge in [-0.15, -0.1) is 0 Å². The molecule has 0 aromatic rings. The van der Waals surface area contributed by atoms with Crippen LogP contribution in [0.5, 0.6) is 0 Å². The summed E-state index contributed by atoms with van der Waals surface area (Å²) in [5.41, 5.74) is 4.40. The van der Waals surface area contributed by atoms with Gasteiger partial charge in [-0.25, -0.2) is 0 Å². The molecule has 2 aliphatic carbocycles. The lowest BCUT2D eigenvalue weighted by Gasteiger charge is -2.31. The number of likely N-dealkylation sites (tertiary alicyclic amines) is 1. The highest BCUT2D eigenvalue weighted by Crippen LogP contribution is 2.47. The van der Waals surface area contributed by atoms with Crippen molar-refractivity contribution in [1.29, 1.82) is 0 Å². The van der Waals surface area contributed by atoms with E-state index in [0.29, 0.717) is 6.42 Å². The third-order valence-corrected chi connectivity index (χ3v) is 4.08. The van der Waals surface area contributed by atoms with Crippen LogP contribution in [-0.2, 0) is 14.4 Å². The van der Waals surface area contributed by atoms with Gasteiger partial charge in [0.25, 0.3) is 0 Å². The summed E-state index contributed by atoms with van der Waals surface area (Å²) >= 11 is 0. The van der Waals surface area contributed by atoms with Crippen LogP contribution in [0.3, 0.4) is 0 Å². The Morgan fingerprint density at radius 3 is 2.39 bits per heavy atom. The van der Waals surface area contributed by atoms with Gasteiger partial charge in [0.1, 0.15) is 5.54 Å². The van der Waals surface area contributed by atoms with Crippen LogP contribution in [0.4, 0.5) is 0 Å². The van der Waals surface area contributed by atoms with Gasteiger partial charge in [0.2, 0.25) is 17.7 Å². The third kappa shape index (κ3) is 1.71. The van der Waals surface area contributed by atoms with Crippen molar-refractivity contribution in [2.24, 2.45) is 17.6 Å². The number of imide groups is 1. The molecule has 3 N–H and O–H groups in total. The molecule has 3 fully saturated rings. The zero-order valence-corrected chi connectivity index (χ0v) is 10.3. The maximum Gasteiger partial charge on any atom is 0.239 e. The van der Waals surface area contributed by atoms with Gasteiger partial charge in [0, 0.05) is 6.04 Å². The van der Waals surface area contributed by atoms with E-state index < -0.39 is 11.4 Å². The number of nitrogens with one attached hydrogen (secondary N) is 1. The largest absolute Gasteiger partial charge is 0.368 e. The molecule has 0 spiro atoms. The molecule has 6 nitrogen and oxygen atoms in total. The fourth-order valence-electron chi connectivity index (χ4n) is 2.59. The van der Waals surface area contributed by atoms with Gasteiger partial charge in [0.05, 0.1) is 18.4 Å². The molecule has 1 saturated heterocycles. The standard InChI is InChI=1S/C12H17N3O3/c1-12(11(13)18,14-6-2-3-6)5-15-9(16)7-4-8(7)10(15)17/h6-8,14H,2-5H2,1H3,(H2,13,18). The number of amides is 3. The van der Waals surface area contributed by atoms with E-state index in [1.807, 2.05) is 0 Å². The Labute approximate surface area is 105 Å². The van der Waals surface area contributed by atoms with Gasteiger partial charge in [-0.1, -0.05) is 0 Å². The van der Waals surface area contributed by atoms with Gasteiger partial charge < -0.3 is 5.73 Å². The summed E-state index contributed by atoms with van der Waals surface area (Å²) in [6, 6.07) is 0.282. The molecule has 3 aliphatic rings. The summed E-state index contributed by atoms with van der Waals surface area (Å²) in [4.78, 5) is 36.6. The monoisotopic (exact) mass is 251 g/mol. The van der Waals surface area contributed by atoms with E-state index >= 15 is 0 Å². The highest BCUT2D eigenvalue weighted by atomic mass is 16.2. The van der Waals surface area contributed by atoms with E-state index in [2.05, 4.69) is 5.32 Å². The summed E-state index contributed by atoms with van der Waals surface area (Å²) in [5.74, 6) is -1.06. The minimum atomic E-state index is -1.01. The number of fused-ring (bicyclic) bond motifs is 1. The Bertz CT molecular complexity index is 426. The average Bonchev–Trinajstić information content (AvgIpc) is 3.15. The Kier molecular flexibility index (Phi) is 2.29. The highest BCUT2D eigenvalue weighted by Gasteiger charge is 2.60. The molecule has 1 aliphatic heterocycles. The number of carbonyl (C=O) groups excluding carboxylic acids is 3. The SMILES string of the molecule is CC(CN1C(=O)C2CC2C1=O)(NC1CC1)C(N)=O. The summed E-state index contributed by atoms with van der Waals surface area (Å²) in [5, 5.41) is 3.14. The van der Waals surface area contributed by atoms with E-state index in [4.69, 9.17) is 5.73 Å². The topological polar surface area (TPSA) is 92.5 Å². The molecule has 98 valence electrons. The number of hydrogen-bond donors (Lipinski definition) is 2. The lowest BCUT2D eigenvalue weighted by molar-refractivity contribution is -0.143. The number of primary amides is 1. The summed E-state index contributed by atoms with van der Waals surface area (Å²) in [6.07, 6.45) is 2.70. The Morgan fingerprint density at radius 1 is 1.39 bits per heavy atom. The average molecular weight is 251 g/mol. The fraction of sp³-hybridized carbons (Fsp3) is 0.750. The molecule has 2 saturated carbocycles. The lowest BCUT2D eigenvalue weighted by Crippen LogP contribution is -2.61. The zero-order chi connectivity index (χ0) is 13.1. The highest BCUT2D eigenvalue weighted by molar-refractivity contribution is 6.09. The second-order valence-electron chi connectivity index (χ2n) is 5.83. The molecule has 0 aromatic carbocycles. The van der Waals surface area contributed by atoms with Crippen LogP contribution >= 0.6 is 0 Å². The zero-order valence-electron chi connectivity index (χ0n) is 10.3. The van der Waals surface area contributed by atoms with Crippen LogP contribution in [0.25, 0.3) is 0 Å². The number of piperidine rings is 1. The van der Waals surface area contributed by atoms with Gasteiger partial charge in [-0.3, -0.25) is 24.6 Å². The van der Waals surface area contributed by atoms with Gasteiger partial charge in [0.15, 0.2) is 0 Å². The predicted molar refractivity (Wildman–Crippen MR) is 62.1 cm³/mol. The maximum absolute atomic E-state index is 11.9. The molecular weight excluding hydrogens is 234 g/mol. The van der Waals surface area contributed by atoms with Crippen LogP contribution in [-0.4, -0.2) is 40.7 Å². The van der Waals surface area contributed by atoms with E-state index in [1.165, 1.54) is 4.90 Å². The second-order valence-corrected chi connectivity index (χ2v) is 5.83. The number of nitrogens with zero attached hydrogens (tertiary/aromatic N) is 1. The quantitative estimate of drug-likeness (QED) is 0.612. The van der Waals surface area contributed by atoms with E-state index in [0.717, 1.165) is 12.8 Å². The first-order valence-electron chi connectivity index (χ1n) is 6.35. The van der Waals surface area contributed by atoms with Crippen LogP contribution in [0.2, 0.25) is 0 Å². The second kappa shape index (κ2) is 3.54. The van der Waals surface area contributed by atoms with Crippen molar-refractivity contribution in [3.8, 4) is 0 Å². The molecule has 3 rings (SSSR count). The number of hydrogen-bond acceptors (Lipinski definition) is 4. The molecule has 3 atom stereocenters. The summed E-state index contributed by atoms with van der Waals surface area (Å²) < 4.78 is 0. The number of rotatable bonds is 5. The van der Waals surface area contributed by atoms with Crippen molar-refractivity contribution in [3.05, 3.63) is 0 Å².